The molecule has 112 valence electrons. The van der Waals surface area contributed by atoms with Crippen LogP contribution in [0, 0.1) is 6.92 Å². The van der Waals surface area contributed by atoms with Crippen molar-refractivity contribution in [3.8, 4) is 0 Å². The molecule has 2 rings (SSSR count). The zero-order valence-electron chi connectivity index (χ0n) is 11.6. The Hall–Kier alpha value is -1.41. The lowest BCUT2D eigenvalue weighted by Gasteiger charge is -2.25. The van der Waals surface area contributed by atoms with Crippen molar-refractivity contribution in [3.63, 3.8) is 0 Å². The molecule has 1 aromatic heterocycles. The predicted octanol–water partition coefficient (Wildman–Crippen LogP) is -0.282. The third-order valence-electron chi connectivity index (χ3n) is 3.22. The second kappa shape index (κ2) is 5.92. The number of hydrogen-bond donors (Lipinski definition) is 1. The minimum Gasteiger partial charge on any atom is -0.361 e. The quantitative estimate of drug-likeness (QED) is 0.822. The maximum atomic E-state index is 12.1. The van der Waals surface area contributed by atoms with Crippen LogP contribution in [-0.2, 0) is 21.2 Å². The first-order chi connectivity index (χ1) is 9.35. The minimum atomic E-state index is -3.02. The van der Waals surface area contributed by atoms with E-state index in [0.29, 0.717) is 24.5 Å². The van der Waals surface area contributed by atoms with E-state index in [-0.39, 0.29) is 29.9 Å². The number of rotatable bonds is 4. The van der Waals surface area contributed by atoms with Gasteiger partial charge in [-0.3, -0.25) is 4.79 Å². The van der Waals surface area contributed by atoms with Gasteiger partial charge in [-0.25, -0.2) is 8.42 Å². The van der Waals surface area contributed by atoms with Crippen LogP contribution in [0.25, 0.3) is 0 Å². The van der Waals surface area contributed by atoms with Crippen LogP contribution in [0.3, 0.4) is 0 Å². The van der Waals surface area contributed by atoms with Crippen LogP contribution in [0.1, 0.15) is 17.9 Å². The van der Waals surface area contributed by atoms with E-state index in [0.717, 1.165) is 0 Å². The fourth-order valence-electron chi connectivity index (χ4n) is 2.19. The monoisotopic (exact) mass is 301 g/mol. The fraction of sp³-hybridized carbons (Fsp3) is 0.667. The molecule has 1 aliphatic rings. The van der Waals surface area contributed by atoms with Crippen LogP contribution < -0.4 is 5.32 Å². The second-order valence-corrected chi connectivity index (χ2v) is 7.38. The number of hydrogen-bond acceptors (Lipinski definition) is 6. The molecule has 0 aliphatic carbocycles. The van der Waals surface area contributed by atoms with Crippen molar-refractivity contribution in [1.29, 1.82) is 0 Å². The summed E-state index contributed by atoms with van der Waals surface area (Å²) in [6.07, 6.45) is 0.173. The van der Waals surface area contributed by atoms with Gasteiger partial charge in [0, 0.05) is 32.1 Å². The average molecular weight is 301 g/mol. The number of sulfone groups is 1. The van der Waals surface area contributed by atoms with Gasteiger partial charge in [0.25, 0.3) is 0 Å². The lowest BCUT2D eigenvalue weighted by Crippen LogP contribution is -2.47. The Morgan fingerprint density at radius 2 is 2.35 bits per heavy atom. The van der Waals surface area contributed by atoms with Gasteiger partial charge in [0.2, 0.25) is 5.91 Å². The van der Waals surface area contributed by atoms with Gasteiger partial charge < -0.3 is 14.7 Å². The molecule has 1 amide bonds. The van der Waals surface area contributed by atoms with Crippen LogP contribution >= 0.6 is 0 Å². The van der Waals surface area contributed by atoms with Crippen LogP contribution in [0.5, 0.6) is 0 Å². The molecule has 2 heterocycles. The van der Waals surface area contributed by atoms with E-state index in [2.05, 4.69) is 10.5 Å². The highest BCUT2D eigenvalue weighted by molar-refractivity contribution is 7.91. The standard InChI is InChI=1S/C12H19N3O4S/c1-9-5-10(14-19-9)7-15(2)12(16)6-11-8-20(17,18)4-3-13-11/h5,11,13H,3-4,6-8H2,1-2H3. The van der Waals surface area contributed by atoms with Crippen molar-refractivity contribution >= 4 is 15.7 Å². The molecule has 1 saturated heterocycles. The van der Waals surface area contributed by atoms with Gasteiger partial charge in [-0.05, 0) is 6.92 Å². The molecule has 20 heavy (non-hydrogen) atoms. The number of carbonyl (C=O) groups excluding carboxylic acids is 1. The molecular weight excluding hydrogens is 282 g/mol. The average Bonchev–Trinajstić information content (AvgIpc) is 2.73. The Kier molecular flexibility index (Phi) is 4.44. The molecule has 1 aromatic rings. The van der Waals surface area contributed by atoms with Crippen molar-refractivity contribution < 1.29 is 17.7 Å². The third kappa shape index (κ3) is 4.04. The van der Waals surface area contributed by atoms with Gasteiger partial charge in [-0.1, -0.05) is 5.16 Å². The topological polar surface area (TPSA) is 92.5 Å². The van der Waals surface area contributed by atoms with Gasteiger partial charge in [0.1, 0.15) is 11.5 Å². The molecule has 0 spiro atoms. The molecule has 1 N–H and O–H groups in total. The van der Waals surface area contributed by atoms with Crippen molar-refractivity contribution in [2.45, 2.75) is 25.9 Å². The number of aromatic nitrogens is 1. The van der Waals surface area contributed by atoms with Gasteiger partial charge >= 0.3 is 0 Å². The van der Waals surface area contributed by atoms with Crippen LogP contribution in [0.4, 0.5) is 0 Å². The number of nitrogens with one attached hydrogen (secondary N) is 1. The van der Waals surface area contributed by atoms with Crippen molar-refractivity contribution in [3.05, 3.63) is 17.5 Å². The highest BCUT2D eigenvalue weighted by Gasteiger charge is 2.27. The summed E-state index contributed by atoms with van der Waals surface area (Å²) in [7, 11) is -1.35. The van der Waals surface area contributed by atoms with Crippen molar-refractivity contribution in [2.75, 3.05) is 25.1 Å². The number of nitrogens with zero attached hydrogens (tertiary/aromatic N) is 2. The van der Waals surface area contributed by atoms with Gasteiger partial charge in [-0.15, -0.1) is 0 Å². The van der Waals surface area contributed by atoms with Crippen LogP contribution in [0.2, 0.25) is 0 Å². The Morgan fingerprint density at radius 3 is 2.95 bits per heavy atom. The molecule has 0 radical (unpaired) electrons. The summed E-state index contributed by atoms with van der Waals surface area (Å²) >= 11 is 0. The predicted molar refractivity (Wildman–Crippen MR) is 72.8 cm³/mol. The number of amides is 1. The van der Waals surface area contributed by atoms with Gasteiger partial charge in [0.15, 0.2) is 9.84 Å². The molecule has 8 heteroatoms. The molecule has 0 bridgehead atoms. The summed E-state index contributed by atoms with van der Waals surface area (Å²) in [6.45, 7) is 2.55. The van der Waals surface area contributed by atoms with Crippen molar-refractivity contribution in [2.24, 2.45) is 0 Å². The molecule has 1 fully saturated rings. The SMILES string of the molecule is Cc1cc(CN(C)C(=O)CC2CS(=O)(=O)CCN2)no1. The zero-order valence-corrected chi connectivity index (χ0v) is 12.4. The Bertz CT molecular complexity index is 581. The van der Waals surface area contributed by atoms with Crippen LogP contribution in [-0.4, -0.2) is 55.5 Å². The summed E-state index contributed by atoms with van der Waals surface area (Å²) in [5.41, 5.74) is 0.683. The van der Waals surface area contributed by atoms with E-state index in [1.54, 1.807) is 20.0 Å². The van der Waals surface area contributed by atoms with Gasteiger partial charge in [-0.2, -0.15) is 0 Å². The minimum absolute atomic E-state index is 0.0235. The smallest absolute Gasteiger partial charge is 0.224 e. The molecule has 1 unspecified atom stereocenters. The van der Waals surface area contributed by atoms with E-state index in [1.165, 1.54) is 4.90 Å². The maximum absolute atomic E-state index is 12.1. The highest BCUT2D eigenvalue weighted by Crippen LogP contribution is 2.09. The molecule has 1 atom stereocenters. The molecule has 0 saturated carbocycles. The zero-order chi connectivity index (χ0) is 14.8. The lowest BCUT2D eigenvalue weighted by atomic mass is 10.2. The highest BCUT2D eigenvalue weighted by atomic mass is 32.2. The molecule has 1 aliphatic heterocycles. The van der Waals surface area contributed by atoms with E-state index in [1.807, 2.05) is 0 Å². The second-order valence-electron chi connectivity index (χ2n) is 5.15. The fourth-order valence-corrected chi connectivity index (χ4v) is 3.63. The molecule has 0 aromatic carbocycles. The van der Waals surface area contributed by atoms with Crippen LogP contribution in [0.15, 0.2) is 10.6 Å². The summed E-state index contributed by atoms with van der Waals surface area (Å²) in [4.78, 5) is 13.6. The van der Waals surface area contributed by atoms with Gasteiger partial charge in [0.05, 0.1) is 18.1 Å². The first kappa shape index (κ1) is 15.0. The summed E-state index contributed by atoms with van der Waals surface area (Å²) in [5, 5.41) is 6.90. The number of aryl methyl sites for hydroxylation is 1. The normalized spacial score (nSPS) is 21.6. The summed E-state index contributed by atoms with van der Waals surface area (Å²) in [6, 6.07) is 1.47. The lowest BCUT2D eigenvalue weighted by molar-refractivity contribution is -0.130. The van der Waals surface area contributed by atoms with E-state index in [9.17, 15) is 13.2 Å². The first-order valence-corrected chi connectivity index (χ1v) is 8.28. The van der Waals surface area contributed by atoms with E-state index in [4.69, 9.17) is 4.52 Å². The van der Waals surface area contributed by atoms with E-state index < -0.39 is 9.84 Å². The largest absolute Gasteiger partial charge is 0.361 e. The van der Waals surface area contributed by atoms with E-state index >= 15 is 0 Å². The Balaban J connectivity index is 1.87. The Labute approximate surface area is 118 Å². The number of carbonyl (C=O) groups is 1. The van der Waals surface area contributed by atoms with Crippen molar-refractivity contribution in [1.82, 2.24) is 15.4 Å². The first-order valence-electron chi connectivity index (χ1n) is 6.46. The third-order valence-corrected chi connectivity index (χ3v) is 4.96. The molecule has 7 nitrogen and oxygen atoms in total. The Morgan fingerprint density at radius 1 is 1.60 bits per heavy atom. The summed E-state index contributed by atoms with van der Waals surface area (Å²) in [5.74, 6) is 0.752. The maximum Gasteiger partial charge on any atom is 0.224 e. The summed E-state index contributed by atoms with van der Waals surface area (Å²) < 4.78 is 28.0. The molecular formula is C12H19N3O4S.